The van der Waals surface area contributed by atoms with Crippen LogP contribution in [0.3, 0.4) is 0 Å². The molecule has 0 amide bonds. The molecule has 5 rings (SSSR count). The first kappa shape index (κ1) is 15.8. The van der Waals surface area contributed by atoms with Crippen LogP contribution in [0.25, 0.3) is 38.7 Å². The normalized spacial score (nSPS) is 11.8. The van der Waals surface area contributed by atoms with Crippen molar-refractivity contribution in [2.24, 2.45) is 0 Å². The summed E-state index contributed by atoms with van der Waals surface area (Å²) in [6.45, 7) is 6.15. The highest BCUT2D eigenvalue weighted by atomic mass is 16.3. The fourth-order valence-electron chi connectivity index (χ4n) is 3.70. The molecular weight excluding hydrogens is 338 g/mol. The van der Waals surface area contributed by atoms with Gasteiger partial charge in [0.1, 0.15) is 5.58 Å². The number of nitrogens with one attached hydrogen (secondary N) is 1. The van der Waals surface area contributed by atoms with Crippen molar-refractivity contribution in [2.75, 3.05) is 18.0 Å². The van der Waals surface area contributed by atoms with Gasteiger partial charge >= 0.3 is 0 Å². The number of hydrogen-bond acceptors (Lipinski definition) is 5. The van der Waals surface area contributed by atoms with E-state index < -0.39 is 0 Å². The van der Waals surface area contributed by atoms with Crippen molar-refractivity contribution < 1.29 is 4.42 Å². The molecule has 6 nitrogen and oxygen atoms in total. The molecule has 0 bridgehead atoms. The van der Waals surface area contributed by atoms with Crippen LogP contribution >= 0.6 is 0 Å². The zero-order valence-corrected chi connectivity index (χ0v) is 15.2. The van der Waals surface area contributed by atoms with Gasteiger partial charge in [-0.2, -0.15) is 4.98 Å². The summed E-state index contributed by atoms with van der Waals surface area (Å²) in [5.41, 5.74) is 4.86. The third-order valence-electron chi connectivity index (χ3n) is 5.08. The lowest BCUT2D eigenvalue weighted by Crippen LogP contribution is -2.21. The molecule has 3 heterocycles. The van der Waals surface area contributed by atoms with Crippen LogP contribution in [-0.2, 0) is 0 Å². The van der Waals surface area contributed by atoms with E-state index in [0.29, 0.717) is 11.4 Å². The molecule has 27 heavy (non-hydrogen) atoms. The summed E-state index contributed by atoms with van der Waals surface area (Å²) in [4.78, 5) is 11.4. The van der Waals surface area contributed by atoms with Gasteiger partial charge in [0.05, 0.1) is 16.4 Å². The van der Waals surface area contributed by atoms with Gasteiger partial charge in [-0.15, -0.1) is 0 Å². The van der Waals surface area contributed by atoms with Crippen LogP contribution in [0.5, 0.6) is 0 Å². The van der Waals surface area contributed by atoms with Gasteiger partial charge in [-0.25, -0.2) is 4.98 Å². The molecule has 0 spiro atoms. The highest BCUT2D eigenvalue weighted by molar-refractivity contribution is 5.99. The second-order valence-corrected chi connectivity index (χ2v) is 6.55. The Morgan fingerprint density at radius 2 is 1.85 bits per heavy atom. The first-order chi connectivity index (χ1) is 13.2. The predicted octanol–water partition coefficient (Wildman–Crippen LogP) is 4.11. The van der Waals surface area contributed by atoms with E-state index in [-0.39, 0.29) is 5.62 Å². The molecule has 0 aliphatic heterocycles. The summed E-state index contributed by atoms with van der Waals surface area (Å²) in [5, 5.41) is 10.2. The second-order valence-electron chi connectivity index (χ2n) is 6.55. The molecule has 0 atom stereocenters. The van der Waals surface area contributed by atoms with Gasteiger partial charge in [0.25, 0.3) is 0 Å². The third-order valence-corrected chi connectivity index (χ3v) is 5.08. The molecule has 2 aromatic carbocycles. The Morgan fingerprint density at radius 1 is 1.04 bits per heavy atom. The predicted molar refractivity (Wildman–Crippen MR) is 107 cm³/mol. The summed E-state index contributed by atoms with van der Waals surface area (Å²) < 4.78 is 7.87. The standard InChI is InChI=1S/C21H19N5O/c1-3-25(4-2)14-10-9-13-11-15-19-23-16-7-5-6-8-17(16)26(19)21(22)24-20(15)27-18(13)12-14/h5-12,22H,3-4H2,1-2H3. The van der Waals surface area contributed by atoms with Gasteiger partial charge in [0.15, 0.2) is 5.65 Å². The lowest BCUT2D eigenvalue weighted by molar-refractivity contribution is 0.638. The Morgan fingerprint density at radius 3 is 2.67 bits per heavy atom. The molecule has 0 aliphatic carbocycles. The SMILES string of the molecule is CCN(CC)c1ccc2cc3c(nc(=N)n4c5ccccc5nc34)oc2c1. The monoisotopic (exact) mass is 357 g/mol. The smallest absolute Gasteiger partial charge is 0.233 e. The number of anilines is 1. The minimum absolute atomic E-state index is 0.120. The third kappa shape index (κ3) is 2.30. The van der Waals surface area contributed by atoms with E-state index in [0.717, 1.165) is 46.2 Å². The Hall–Kier alpha value is -3.41. The van der Waals surface area contributed by atoms with Crippen molar-refractivity contribution in [3.63, 3.8) is 0 Å². The minimum Gasteiger partial charge on any atom is -0.437 e. The van der Waals surface area contributed by atoms with Gasteiger partial charge in [-0.1, -0.05) is 12.1 Å². The number of hydrogen-bond donors (Lipinski definition) is 1. The first-order valence-corrected chi connectivity index (χ1v) is 9.14. The molecule has 0 saturated heterocycles. The van der Waals surface area contributed by atoms with Crippen LogP contribution in [-0.4, -0.2) is 27.5 Å². The largest absolute Gasteiger partial charge is 0.437 e. The highest BCUT2D eigenvalue weighted by Gasteiger charge is 2.14. The average molecular weight is 357 g/mol. The number of imidazole rings is 1. The number of rotatable bonds is 3. The van der Waals surface area contributed by atoms with E-state index in [1.165, 1.54) is 0 Å². The van der Waals surface area contributed by atoms with Crippen molar-refractivity contribution in [1.82, 2.24) is 14.4 Å². The van der Waals surface area contributed by atoms with Gasteiger partial charge in [0, 0.05) is 30.2 Å². The molecule has 0 radical (unpaired) electrons. The van der Waals surface area contributed by atoms with Gasteiger partial charge in [-0.3, -0.25) is 9.81 Å². The number of nitrogens with zero attached hydrogens (tertiary/aromatic N) is 4. The van der Waals surface area contributed by atoms with Crippen LogP contribution < -0.4 is 10.5 Å². The molecular formula is C21H19N5O. The van der Waals surface area contributed by atoms with E-state index in [1.54, 1.807) is 4.40 Å². The summed E-state index contributed by atoms with van der Waals surface area (Å²) in [6.07, 6.45) is 0. The minimum atomic E-state index is 0.120. The van der Waals surface area contributed by atoms with Crippen LogP contribution in [0.15, 0.2) is 52.9 Å². The van der Waals surface area contributed by atoms with Gasteiger partial charge < -0.3 is 9.32 Å². The Kier molecular flexibility index (Phi) is 3.40. The first-order valence-electron chi connectivity index (χ1n) is 9.14. The maximum Gasteiger partial charge on any atom is 0.233 e. The Balaban J connectivity index is 1.85. The molecule has 5 aromatic rings. The van der Waals surface area contributed by atoms with Crippen LogP contribution in [0.1, 0.15) is 13.8 Å². The molecule has 0 aliphatic rings. The Labute approximate surface area is 155 Å². The van der Waals surface area contributed by atoms with Crippen LogP contribution in [0.4, 0.5) is 5.69 Å². The number of aromatic nitrogens is 3. The molecule has 0 fully saturated rings. The van der Waals surface area contributed by atoms with Gasteiger partial charge in [-0.05, 0) is 44.2 Å². The summed E-state index contributed by atoms with van der Waals surface area (Å²) in [7, 11) is 0. The zero-order chi connectivity index (χ0) is 18.5. The summed E-state index contributed by atoms with van der Waals surface area (Å²) in [6, 6.07) is 16.1. The quantitative estimate of drug-likeness (QED) is 0.493. The molecule has 0 unspecified atom stereocenters. The van der Waals surface area contributed by atoms with Crippen molar-refractivity contribution in [3.05, 3.63) is 54.1 Å². The van der Waals surface area contributed by atoms with E-state index in [1.807, 2.05) is 36.4 Å². The maximum atomic E-state index is 8.37. The molecule has 1 N–H and O–H groups in total. The van der Waals surface area contributed by atoms with Gasteiger partial charge in [0.2, 0.25) is 11.3 Å². The molecule has 6 heteroatoms. The van der Waals surface area contributed by atoms with E-state index >= 15 is 0 Å². The summed E-state index contributed by atoms with van der Waals surface area (Å²) >= 11 is 0. The van der Waals surface area contributed by atoms with E-state index in [9.17, 15) is 0 Å². The lowest BCUT2D eigenvalue weighted by Gasteiger charge is -2.21. The van der Waals surface area contributed by atoms with Crippen LogP contribution in [0, 0.1) is 5.41 Å². The number of benzene rings is 2. The van der Waals surface area contributed by atoms with Crippen molar-refractivity contribution in [1.29, 1.82) is 5.41 Å². The lowest BCUT2D eigenvalue weighted by atomic mass is 10.2. The van der Waals surface area contributed by atoms with E-state index in [2.05, 4.69) is 35.9 Å². The van der Waals surface area contributed by atoms with Crippen molar-refractivity contribution in [2.45, 2.75) is 13.8 Å². The van der Waals surface area contributed by atoms with E-state index in [4.69, 9.17) is 14.8 Å². The molecule has 0 saturated carbocycles. The fourth-order valence-corrected chi connectivity index (χ4v) is 3.70. The number of para-hydroxylation sites is 2. The fraction of sp³-hybridized carbons (Fsp3) is 0.190. The highest BCUT2D eigenvalue weighted by Crippen LogP contribution is 2.28. The number of fused-ring (bicyclic) bond motifs is 6. The molecule has 134 valence electrons. The Bertz CT molecular complexity index is 1380. The molecule has 3 aromatic heterocycles. The maximum absolute atomic E-state index is 8.37. The van der Waals surface area contributed by atoms with Crippen LogP contribution in [0.2, 0.25) is 0 Å². The topological polar surface area (TPSA) is 70.4 Å². The second kappa shape index (κ2) is 5.81. The average Bonchev–Trinajstić information content (AvgIpc) is 3.08. The van der Waals surface area contributed by atoms with Crippen molar-refractivity contribution >= 4 is 44.4 Å². The summed E-state index contributed by atoms with van der Waals surface area (Å²) in [5.74, 6) is 0. The zero-order valence-electron chi connectivity index (χ0n) is 15.2. The van der Waals surface area contributed by atoms with Crippen molar-refractivity contribution in [3.8, 4) is 0 Å².